The number of fused-ring (bicyclic) bond motifs is 2. The van der Waals surface area contributed by atoms with Gasteiger partial charge >= 0.3 is 0 Å². The Balaban J connectivity index is 1.60. The first kappa shape index (κ1) is 14.1. The summed E-state index contributed by atoms with van der Waals surface area (Å²) in [4.78, 5) is 6.89. The van der Waals surface area contributed by atoms with Gasteiger partial charge in [0.25, 0.3) is 0 Å². The average molecular weight is 317 g/mol. The van der Waals surface area contributed by atoms with Crippen molar-refractivity contribution in [2.45, 2.75) is 25.0 Å². The van der Waals surface area contributed by atoms with Crippen LogP contribution in [-0.2, 0) is 28.1 Å². The van der Waals surface area contributed by atoms with Crippen molar-refractivity contribution in [1.29, 1.82) is 0 Å². The number of anilines is 1. The molecule has 1 aliphatic carbocycles. The number of morpholine rings is 1. The molecule has 116 valence electrons. The quantitative estimate of drug-likeness (QED) is 0.870. The Morgan fingerprint density at radius 1 is 1.41 bits per heavy atom. The van der Waals surface area contributed by atoms with E-state index in [0.29, 0.717) is 6.61 Å². The van der Waals surface area contributed by atoms with Crippen molar-refractivity contribution in [1.82, 2.24) is 9.36 Å². The van der Waals surface area contributed by atoms with E-state index >= 15 is 0 Å². The lowest BCUT2D eigenvalue weighted by Crippen LogP contribution is -2.49. The molecule has 1 atom stereocenters. The first-order chi connectivity index (χ1) is 10.8. The molecule has 1 aromatic carbocycles. The van der Waals surface area contributed by atoms with Crippen LogP contribution in [0.15, 0.2) is 24.3 Å². The summed E-state index contributed by atoms with van der Waals surface area (Å²) in [6.45, 7) is 2.92. The minimum absolute atomic E-state index is 0.179. The van der Waals surface area contributed by atoms with Gasteiger partial charge < -0.3 is 14.4 Å². The number of methoxy groups -OCH3 is 1. The Hall–Kier alpha value is -1.50. The summed E-state index contributed by atoms with van der Waals surface area (Å²) < 4.78 is 15.7. The molecule has 6 heteroatoms. The Kier molecular flexibility index (Phi) is 3.60. The molecule has 1 aliphatic heterocycles. The zero-order chi connectivity index (χ0) is 15.0. The Bertz CT molecular complexity index is 671. The number of nitrogens with zero attached hydrogens (tertiary/aromatic N) is 3. The molecular weight excluding hydrogens is 298 g/mol. The smallest absolute Gasteiger partial charge is 0.205 e. The van der Waals surface area contributed by atoms with Gasteiger partial charge in [-0.1, -0.05) is 24.3 Å². The zero-order valence-corrected chi connectivity index (χ0v) is 13.4. The lowest BCUT2D eigenvalue weighted by atomic mass is 9.94. The molecule has 5 nitrogen and oxygen atoms in total. The van der Waals surface area contributed by atoms with E-state index in [4.69, 9.17) is 9.47 Å². The number of aryl methyl sites for hydroxylation is 1. The molecule has 1 spiro atoms. The number of benzene rings is 1. The molecule has 2 heterocycles. The standard InChI is InChI=1S/C16H19N3O2S/c1-20-10-14-17-15(22-18-14)19-8-9-21-16(11-19)7-6-12-4-2-3-5-13(12)16/h2-5H,6-11H2,1H3. The van der Waals surface area contributed by atoms with E-state index < -0.39 is 0 Å². The van der Waals surface area contributed by atoms with Crippen LogP contribution in [0.3, 0.4) is 0 Å². The zero-order valence-electron chi connectivity index (χ0n) is 12.6. The highest BCUT2D eigenvalue weighted by Crippen LogP contribution is 2.43. The van der Waals surface area contributed by atoms with Gasteiger partial charge in [-0.15, -0.1) is 0 Å². The van der Waals surface area contributed by atoms with Crippen LogP contribution in [0.2, 0.25) is 0 Å². The van der Waals surface area contributed by atoms with E-state index in [1.54, 1.807) is 7.11 Å². The topological polar surface area (TPSA) is 47.5 Å². The molecule has 1 fully saturated rings. The fourth-order valence-corrected chi connectivity index (χ4v) is 4.17. The van der Waals surface area contributed by atoms with Crippen LogP contribution in [0.5, 0.6) is 0 Å². The molecule has 4 rings (SSSR count). The van der Waals surface area contributed by atoms with E-state index in [2.05, 4.69) is 38.5 Å². The third-order valence-corrected chi connectivity index (χ3v) is 5.31. The number of hydrogen-bond acceptors (Lipinski definition) is 6. The van der Waals surface area contributed by atoms with Crippen LogP contribution >= 0.6 is 11.5 Å². The van der Waals surface area contributed by atoms with E-state index in [-0.39, 0.29) is 5.60 Å². The SMILES string of the molecule is COCc1nsc(N2CCOC3(CCc4ccccc43)C2)n1. The monoisotopic (exact) mass is 317 g/mol. The number of aromatic nitrogens is 2. The van der Waals surface area contributed by atoms with Gasteiger partial charge in [-0.3, -0.25) is 0 Å². The summed E-state index contributed by atoms with van der Waals surface area (Å²) in [5, 5.41) is 0.971. The highest BCUT2D eigenvalue weighted by atomic mass is 32.1. The van der Waals surface area contributed by atoms with E-state index in [0.717, 1.165) is 43.5 Å². The fraction of sp³-hybridized carbons (Fsp3) is 0.500. The maximum absolute atomic E-state index is 6.25. The van der Waals surface area contributed by atoms with Crippen LogP contribution in [0.25, 0.3) is 0 Å². The molecule has 0 amide bonds. The van der Waals surface area contributed by atoms with Crippen molar-refractivity contribution in [2.24, 2.45) is 0 Å². The predicted octanol–water partition coefficient (Wildman–Crippen LogP) is 2.36. The molecule has 2 aliphatic rings. The molecule has 1 saturated heterocycles. The lowest BCUT2D eigenvalue weighted by molar-refractivity contribution is -0.0592. The van der Waals surface area contributed by atoms with E-state index in [1.165, 1.54) is 22.7 Å². The normalized spacial score (nSPS) is 24.0. The van der Waals surface area contributed by atoms with Crippen molar-refractivity contribution >= 4 is 16.7 Å². The molecule has 22 heavy (non-hydrogen) atoms. The summed E-state index contributed by atoms with van der Waals surface area (Å²) in [5.74, 6) is 0.759. The van der Waals surface area contributed by atoms with Gasteiger partial charge in [0.2, 0.25) is 5.13 Å². The molecule has 0 N–H and O–H groups in total. The van der Waals surface area contributed by atoms with Crippen LogP contribution in [0.1, 0.15) is 23.4 Å². The lowest BCUT2D eigenvalue weighted by Gasteiger charge is -2.41. The molecule has 2 aromatic rings. The number of hydrogen-bond donors (Lipinski definition) is 0. The van der Waals surface area contributed by atoms with Crippen molar-refractivity contribution in [3.63, 3.8) is 0 Å². The molecule has 0 bridgehead atoms. The first-order valence-electron chi connectivity index (χ1n) is 7.59. The van der Waals surface area contributed by atoms with Gasteiger partial charge in [0.1, 0.15) is 12.2 Å². The Labute approximate surface area is 134 Å². The minimum Gasteiger partial charge on any atom is -0.377 e. The maximum Gasteiger partial charge on any atom is 0.205 e. The van der Waals surface area contributed by atoms with Gasteiger partial charge in [0.05, 0.1) is 13.2 Å². The predicted molar refractivity (Wildman–Crippen MR) is 85.2 cm³/mol. The second kappa shape index (κ2) is 5.61. The molecule has 0 radical (unpaired) electrons. The second-order valence-electron chi connectivity index (χ2n) is 5.85. The summed E-state index contributed by atoms with van der Waals surface area (Å²) in [5.41, 5.74) is 2.59. The van der Waals surface area contributed by atoms with Gasteiger partial charge in [0.15, 0.2) is 5.82 Å². The Morgan fingerprint density at radius 2 is 2.32 bits per heavy atom. The number of ether oxygens (including phenoxy) is 2. The van der Waals surface area contributed by atoms with Gasteiger partial charge in [-0.2, -0.15) is 4.37 Å². The van der Waals surface area contributed by atoms with Crippen LogP contribution < -0.4 is 4.90 Å². The van der Waals surface area contributed by atoms with Crippen molar-refractivity contribution < 1.29 is 9.47 Å². The Morgan fingerprint density at radius 3 is 3.23 bits per heavy atom. The third-order valence-electron chi connectivity index (χ3n) is 4.49. The third kappa shape index (κ3) is 2.31. The highest BCUT2D eigenvalue weighted by molar-refractivity contribution is 7.09. The fourth-order valence-electron chi connectivity index (χ4n) is 3.48. The van der Waals surface area contributed by atoms with Crippen molar-refractivity contribution in [3.8, 4) is 0 Å². The summed E-state index contributed by atoms with van der Waals surface area (Å²) in [6.07, 6.45) is 2.14. The van der Waals surface area contributed by atoms with Crippen LogP contribution in [0, 0.1) is 0 Å². The van der Waals surface area contributed by atoms with Crippen molar-refractivity contribution in [3.05, 3.63) is 41.2 Å². The van der Waals surface area contributed by atoms with Gasteiger partial charge in [-0.05, 0) is 24.0 Å². The molecule has 1 unspecified atom stereocenters. The first-order valence-corrected chi connectivity index (χ1v) is 8.37. The summed E-state index contributed by atoms with van der Waals surface area (Å²) >= 11 is 1.45. The van der Waals surface area contributed by atoms with E-state index in [9.17, 15) is 0 Å². The average Bonchev–Trinajstić information content (AvgIpc) is 3.15. The molecule has 1 aromatic heterocycles. The van der Waals surface area contributed by atoms with Crippen molar-refractivity contribution in [2.75, 3.05) is 31.7 Å². The summed E-state index contributed by atoms with van der Waals surface area (Å²) in [7, 11) is 1.67. The second-order valence-corrected chi connectivity index (χ2v) is 6.58. The maximum atomic E-state index is 6.25. The van der Waals surface area contributed by atoms with Gasteiger partial charge in [-0.25, -0.2) is 4.98 Å². The van der Waals surface area contributed by atoms with E-state index in [1.807, 2.05) is 0 Å². The summed E-state index contributed by atoms with van der Waals surface area (Å²) in [6, 6.07) is 8.65. The number of rotatable bonds is 3. The molecule has 0 saturated carbocycles. The minimum atomic E-state index is -0.179. The molecular formula is C16H19N3O2S. The largest absolute Gasteiger partial charge is 0.377 e. The van der Waals surface area contributed by atoms with Crippen LogP contribution in [0.4, 0.5) is 5.13 Å². The highest BCUT2D eigenvalue weighted by Gasteiger charge is 2.43. The van der Waals surface area contributed by atoms with Gasteiger partial charge in [0, 0.05) is 25.2 Å². The van der Waals surface area contributed by atoms with Crippen LogP contribution in [-0.4, -0.2) is 36.2 Å².